The Kier molecular flexibility index (Phi) is 8.49. The zero-order chi connectivity index (χ0) is 22.0. The zero-order valence-electron chi connectivity index (χ0n) is 19.1. The third-order valence-electron chi connectivity index (χ3n) is 6.59. The highest BCUT2D eigenvalue weighted by Gasteiger charge is 2.31. The lowest BCUT2D eigenvalue weighted by atomic mass is 9.84. The van der Waals surface area contributed by atoms with Gasteiger partial charge in [-0.15, -0.1) is 0 Å². The van der Waals surface area contributed by atoms with Gasteiger partial charge in [-0.05, 0) is 62.0 Å². The molecule has 4 rings (SSSR count). The average molecular weight is 434 g/mol. The molecule has 2 aromatic heterocycles. The van der Waals surface area contributed by atoms with Crippen LogP contribution in [0.2, 0.25) is 0 Å². The molecule has 1 saturated heterocycles. The van der Waals surface area contributed by atoms with Crippen LogP contribution in [0, 0.1) is 5.92 Å². The lowest BCUT2D eigenvalue weighted by Crippen LogP contribution is -2.47. The smallest absolute Gasteiger partial charge is 0.0947 e. The van der Waals surface area contributed by atoms with Crippen molar-refractivity contribution in [3.8, 4) is 0 Å². The first-order valence-electron chi connectivity index (χ1n) is 11.7. The molecule has 0 amide bonds. The number of benzene rings is 1. The summed E-state index contributed by atoms with van der Waals surface area (Å²) in [6.45, 7) is 5.74. The Bertz CT molecular complexity index is 878. The van der Waals surface area contributed by atoms with Crippen molar-refractivity contribution in [2.45, 2.75) is 38.4 Å². The van der Waals surface area contributed by atoms with Crippen molar-refractivity contribution in [3.63, 3.8) is 0 Å². The molecule has 1 aromatic carbocycles. The summed E-state index contributed by atoms with van der Waals surface area (Å²) in [6, 6.07) is 19.7. The van der Waals surface area contributed by atoms with Gasteiger partial charge in [-0.25, -0.2) is 0 Å². The molecule has 1 aliphatic heterocycles. The van der Waals surface area contributed by atoms with Gasteiger partial charge >= 0.3 is 0 Å². The molecule has 3 aromatic rings. The maximum absolute atomic E-state index is 5.49. The number of aromatic nitrogens is 1. The van der Waals surface area contributed by atoms with Gasteiger partial charge in [0.05, 0.1) is 24.8 Å². The molecule has 3 heterocycles. The molecule has 1 fully saturated rings. The van der Waals surface area contributed by atoms with Crippen LogP contribution < -0.4 is 0 Å². The van der Waals surface area contributed by atoms with Crippen molar-refractivity contribution in [1.29, 1.82) is 0 Å². The molecule has 0 unspecified atom stereocenters. The van der Waals surface area contributed by atoms with Gasteiger partial charge in [-0.2, -0.15) is 0 Å². The third kappa shape index (κ3) is 6.52. The van der Waals surface area contributed by atoms with Gasteiger partial charge in [0.2, 0.25) is 0 Å². The van der Waals surface area contributed by atoms with Gasteiger partial charge in [0.15, 0.2) is 0 Å². The Morgan fingerprint density at radius 3 is 2.56 bits per heavy atom. The summed E-state index contributed by atoms with van der Waals surface area (Å²) < 4.78 is 10.8. The first-order valence-corrected chi connectivity index (χ1v) is 11.7. The Hall–Kier alpha value is -2.47. The largest absolute Gasteiger partial charge is 0.472 e. The van der Waals surface area contributed by atoms with Crippen molar-refractivity contribution in [2.24, 2.45) is 5.92 Å². The Balaban J connectivity index is 1.48. The van der Waals surface area contributed by atoms with E-state index in [0.717, 1.165) is 51.4 Å². The molecule has 0 radical (unpaired) electrons. The van der Waals surface area contributed by atoms with E-state index in [1.807, 2.05) is 18.5 Å². The summed E-state index contributed by atoms with van der Waals surface area (Å²) in [4.78, 5) is 9.78. The van der Waals surface area contributed by atoms with E-state index in [9.17, 15) is 0 Å². The third-order valence-corrected chi connectivity index (χ3v) is 6.59. The van der Waals surface area contributed by atoms with Crippen LogP contribution in [0.3, 0.4) is 0 Å². The molecule has 5 heteroatoms. The van der Waals surface area contributed by atoms with Crippen LogP contribution in [0.5, 0.6) is 0 Å². The van der Waals surface area contributed by atoms with E-state index >= 15 is 0 Å². The van der Waals surface area contributed by atoms with E-state index in [1.165, 1.54) is 24.0 Å². The lowest BCUT2D eigenvalue weighted by molar-refractivity contribution is 0.0564. The molecule has 0 aliphatic carbocycles. The van der Waals surface area contributed by atoms with Crippen LogP contribution in [0.1, 0.15) is 29.7 Å². The number of hydrogen-bond donors (Lipinski definition) is 0. The topological polar surface area (TPSA) is 41.7 Å². The van der Waals surface area contributed by atoms with E-state index in [1.54, 1.807) is 13.4 Å². The van der Waals surface area contributed by atoms with E-state index < -0.39 is 0 Å². The number of rotatable bonds is 11. The van der Waals surface area contributed by atoms with Gasteiger partial charge in [-0.3, -0.25) is 14.8 Å². The SMILES string of the molecule is COCCN(Cc1ccccn1)[C@@H](Cc1ccccc1)C1CCN(Cc2ccoc2)CC1. The first-order chi connectivity index (χ1) is 15.8. The Morgan fingerprint density at radius 2 is 1.88 bits per heavy atom. The molecule has 0 spiro atoms. The highest BCUT2D eigenvalue weighted by Crippen LogP contribution is 2.28. The molecular weight excluding hydrogens is 398 g/mol. The highest BCUT2D eigenvalue weighted by molar-refractivity contribution is 5.17. The average Bonchev–Trinajstić information content (AvgIpc) is 3.35. The lowest BCUT2D eigenvalue weighted by Gasteiger charge is -2.41. The predicted molar refractivity (Wildman–Crippen MR) is 127 cm³/mol. The van der Waals surface area contributed by atoms with Crippen LogP contribution in [0.25, 0.3) is 0 Å². The summed E-state index contributed by atoms with van der Waals surface area (Å²) >= 11 is 0. The first kappa shape index (κ1) is 22.7. The summed E-state index contributed by atoms with van der Waals surface area (Å²) in [5, 5.41) is 0. The molecule has 0 saturated carbocycles. The number of likely N-dealkylation sites (tertiary alicyclic amines) is 1. The molecule has 0 bridgehead atoms. The van der Waals surface area contributed by atoms with Gasteiger partial charge in [0, 0.05) is 44.5 Å². The number of pyridine rings is 1. The number of ether oxygens (including phenoxy) is 1. The molecule has 32 heavy (non-hydrogen) atoms. The van der Waals surface area contributed by atoms with Crippen molar-refractivity contribution in [2.75, 3.05) is 33.4 Å². The number of piperidine rings is 1. The fraction of sp³-hybridized carbons (Fsp3) is 0.444. The molecule has 1 aliphatic rings. The van der Waals surface area contributed by atoms with Crippen molar-refractivity contribution >= 4 is 0 Å². The summed E-state index contributed by atoms with van der Waals surface area (Å²) in [7, 11) is 1.79. The van der Waals surface area contributed by atoms with Crippen molar-refractivity contribution in [1.82, 2.24) is 14.8 Å². The van der Waals surface area contributed by atoms with Crippen molar-refractivity contribution < 1.29 is 9.15 Å². The van der Waals surface area contributed by atoms with Crippen molar-refractivity contribution in [3.05, 3.63) is 90.1 Å². The summed E-state index contributed by atoms with van der Waals surface area (Å²) in [6.07, 6.45) is 9.00. The fourth-order valence-electron chi connectivity index (χ4n) is 4.86. The van der Waals surface area contributed by atoms with Gasteiger partial charge in [0.1, 0.15) is 0 Å². The van der Waals surface area contributed by atoms with Crippen LogP contribution >= 0.6 is 0 Å². The Morgan fingerprint density at radius 1 is 1.06 bits per heavy atom. The maximum Gasteiger partial charge on any atom is 0.0947 e. The fourth-order valence-corrected chi connectivity index (χ4v) is 4.86. The second-order valence-corrected chi connectivity index (χ2v) is 8.79. The number of furan rings is 1. The molecule has 5 nitrogen and oxygen atoms in total. The van der Waals surface area contributed by atoms with Gasteiger partial charge < -0.3 is 9.15 Å². The second kappa shape index (κ2) is 12.0. The second-order valence-electron chi connectivity index (χ2n) is 8.79. The van der Waals surface area contributed by atoms with Crippen LogP contribution in [0.15, 0.2) is 77.7 Å². The molecule has 0 N–H and O–H groups in total. The highest BCUT2D eigenvalue weighted by atomic mass is 16.5. The van der Waals surface area contributed by atoms with Crippen LogP contribution in [-0.4, -0.2) is 54.2 Å². The molecule has 1 atom stereocenters. The molecule has 170 valence electrons. The predicted octanol–water partition coefficient (Wildman–Crippen LogP) is 4.65. The summed E-state index contributed by atoms with van der Waals surface area (Å²) in [5.41, 5.74) is 3.79. The van der Waals surface area contributed by atoms with Crippen LogP contribution in [0.4, 0.5) is 0 Å². The van der Waals surface area contributed by atoms with E-state index in [2.05, 4.69) is 63.3 Å². The van der Waals surface area contributed by atoms with Gasteiger partial charge in [0.25, 0.3) is 0 Å². The Labute approximate surface area is 192 Å². The van der Waals surface area contributed by atoms with E-state index in [4.69, 9.17) is 9.15 Å². The standard InChI is InChI=1S/C27H35N3O2/c1-31-18-16-30(21-26-9-5-6-13-28-26)27(19-23-7-3-2-4-8-23)25-10-14-29(15-11-25)20-24-12-17-32-22-24/h2-9,12-13,17,22,25,27H,10-11,14-16,18-21H2,1H3/t27-/m0/s1. The van der Waals surface area contributed by atoms with Crippen LogP contribution in [-0.2, 0) is 24.2 Å². The minimum absolute atomic E-state index is 0.464. The minimum atomic E-state index is 0.464. The molecular formula is C27H35N3O2. The maximum atomic E-state index is 5.49. The number of methoxy groups -OCH3 is 1. The number of nitrogens with zero attached hydrogens (tertiary/aromatic N) is 3. The quantitative estimate of drug-likeness (QED) is 0.440. The number of hydrogen-bond acceptors (Lipinski definition) is 5. The zero-order valence-corrected chi connectivity index (χ0v) is 19.1. The van der Waals surface area contributed by atoms with Gasteiger partial charge in [-0.1, -0.05) is 36.4 Å². The summed E-state index contributed by atoms with van der Waals surface area (Å²) in [5.74, 6) is 0.649. The van der Waals surface area contributed by atoms with E-state index in [-0.39, 0.29) is 0 Å². The normalized spacial score (nSPS) is 16.4. The van der Waals surface area contributed by atoms with E-state index in [0.29, 0.717) is 12.0 Å². The monoisotopic (exact) mass is 433 g/mol. The minimum Gasteiger partial charge on any atom is -0.472 e.